The Morgan fingerprint density at radius 1 is 0.947 bits per heavy atom. The first-order valence-electron chi connectivity index (χ1n) is 12.3. The molecule has 2 aromatic carbocycles. The molecule has 0 spiro atoms. The average Bonchev–Trinajstić information content (AvgIpc) is 2.90. The Balaban J connectivity index is 1.79. The number of amides is 2. The maximum atomic E-state index is 13.0. The summed E-state index contributed by atoms with van der Waals surface area (Å²) >= 11 is 0. The van der Waals surface area contributed by atoms with E-state index in [1.807, 2.05) is 69.3 Å². The Morgan fingerprint density at radius 3 is 2.05 bits per heavy atom. The van der Waals surface area contributed by atoms with E-state index in [0.717, 1.165) is 22.3 Å². The monoisotopic (exact) mass is 516 g/mol. The van der Waals surface area contributed by atoms with Crippen LogP contribution in [0.2, 0.25) is 0 Å². The minimum atomic E-state index is -0.976. The lowest BCUT2D eigenvalue weighted by atomic mass is 10.0. The topological polar surface area (TPSA) is 119 Å². The van der Waals surface area contributed by atoms with Crippen LogP contribution in [0.5, 0.6) is 11.5 Å². The van der Waals surface area contributed by atoms with Gasteiger partial charge in [-0.3, -0.25) is 14.4 Å². The number of nitrogens with zero attached hydrogens (tertiary/aromatic N) is 2. The first-order valence-corrected chi connectivity index (χ1v) is 12.3. The van der Waals surface area contributed by atoms with Crippen molar-refractivity contribution in [2.24, 2.45) is 5.10 Å². The molecule has 0 aliphatic rings. The molecule has 198 valence electrons. The summed E-state index contributed by atoms with van der Waals surface area (Å²) in [4.78, 5) is 42.0. The number of nitrogens with one attached hydrogen (secondary N) is 2. The van der Waals surface area contributed by atoms with E-state index in [1.165, 1.54) is 26.3 Å². The molecule has 0 aliphatic heterocycles. The van der Waals surface area contributed by atoms with Crippen LogP contribution in [0.25, 0.3) is 0 Å². The molecule has 0 saturated carbocycles. The predicted molar refractivity (Wildman–Crippen MR) is 144 cm³/mol. The summed E-state index contributed by atoms with van der Waals surface area (Å²) in [5.74, 6) is -1.68. The van der Waals surface area contributed by atoms with E-state index in [9.17, 15) is 14.4 Å². The second-order valence-corrected chi connectivity index (χ2v) is 8.78. The Morgan fingerprint density at radius 2 is 1.53 bits per heavy atom. The number of aryl methyl sites for hydroxylation is 2. The molecule has 38 heavy (non-hydrogen) atoms. The molecule has 9 heteroatoms. The molecule has 9 nitrogen and oxygen atoms in total. The van der Waals surface area contributed by atoms with Gasteiger partial charge in [0.25, 0.3) is 11.8 Å². The molecular formula is C29H32N4O5. The van der Waals surface area contributed by atoms with Gasteiger partial charge in [0.2, 0.25) is 5.75 Å². The Kier molecular flexibility index (Phi) is 9.70. The fraction of sp³-hybridized carbons (Fsp3) is 0.276. The third kappa shape index (κ3) is 7.25. The SMILES string of the molecule is CCCC(=O)Oc1c(OC)ccnc1C(=O)N[C@@H](C)C(=O)NN=C(c1ccc(C)cc1)c1ccc(C)cc1. The minimum absolute atomic E-state index is 0.0994. The number of carbonyl (C=O) groups is 3. The number of carbonyl (C=O) groups excluding carboxylic acids is 3. The summed E-state index contributed by atoms with van der Waals surface area (Å²) in [6, 6.07) is 16.1. The maximum absolute atomic E-state index is 13.0. The molecule has 1 heterocycles. The molecule has 1 aromatic heterocycles. The molecule has 3 aromatic rings. The third-order valence-electron chi connectivity index (χ3n) is 5.64. The van der Waals surface area contributed by atoms with E-state index in [1.54, 1.807) is 0 Å². The van der Waals surface area contributed by atoms with Crippen LogP contribution in [0, 0.1) is 13.8 Å². The highest BCUT2D eigenvalue weighted by molar-refractivity contribution is 6.13. The number of hydrogen-bond donors (Lipinski definition) is 2. The number of benzene rings is 2. The molecule has 0 bridgehead atoms. The summed E-state index contributed by atoms with van der Waals surface area (Å²) in [6.07, 6.45) is 2.10. The average molecular weight is 517 g/mol. The Bertz CT molecular complexity index is 1270. The van der Waals surface area contributed by atoms with Crippen molar-refractivity contribution in [3.8, 4) is 11.5 Å². The number of hydrogen-bond acceptors (Lipinski definition) is 7. The highest BCUT2D eigenvalue weighted by Gasteiger charge is 2.24. The summed E-state index contributed by atoms with van der Waals surface area (Å²) in [5.41, 5.74) is 6.83. The standard InChI is InChI=1S/C29H32N4O5/c1-6-7-24(34)38-27-23(37-5)16-17-30-26(27)29(36)31-20(4)28(35)33-32-25(21-12-8-18(2)9-13-21)22-14-10-19(3)11-15-22/h8-17,20H,6-7H2,1-5H3,(H,31,36)(H,33,35)/t20-/m0/s1. The van der Waals surface area contributed by atoms with Crippen molar-refractivity contribution >= 4 is 23.5 Å². The van der Waals surface area contributed by atoms with Crippen molar-refractivity contribution < 1.29 is 23.9 Å². The molecule has 0 saturated heterocycles. The molecule has 2 N–H and O–H groups in total. The highest BCUT2D eigenvalue weighted by atomic mass is 16.6. The number of ether oxygens (including phenoxy) is 2. The zero-order valence-electron chi connectivity index (χ0n) is 22.2. The molecule has 3 rings (SSSR count). The molecule has 0 unspecified atom stereocenters. The largest absolute Gasteiger partial charge is 0.493 e. The van der Waals surface area contributed by atoms with Crippen molar-refractivity contribution in [1.29, 1.82) is 0 Å². The summed E-state index contributed by atoms with van der Waals surface area (Å²) in [5, 5.41) is 6.97. The van der Waals surface area contributed by atoms with Crippen LogP contribution >= 0.6 is 0 Å². The van der Waals surface area contributed by atoms with Gasteiger partial charge in [-0.2, -0.15) is 5.10 Å². The molecular weight excluding hydrogens is 484 g/mol. The minimum Gasteiger partial charge on any atom is -0.493 e. The first-order chi connectivity index (χ1) is 18.2. The van der Waals surface area contributed by atoms with E-state index in [0.29, 0.717) is 12.1 Å². The number of esters is 1. The molecule has 0 aliphatic carbocycles. The van der Waals surface area contributed by atoms with E-state index in [-0.39, 0.29) is 23.6 Å². The highest BCUT2D eigenvalue weighted by Crippen LogP contribution is 2.30. The lowest BCUT2D eigenvalue weighted by molar-refractivity contribution is -0.134. The van der Waals surface area contributed by atoms with Crippen LogP contribution in [0.1, 0.15) is 59.4 Å². The molecule has 2 amide bonds. The number of hydrazone groups is 1. The quantitative estimate of drug-likeness (QED) is 0.238. The van der Waals surface area contributed by atoms with E-state index >= 15 is 0 Å². The van der Waals surface area contributed by atoms with E-state index < -0.39 is 23.8 Å². The number of methoxy groups -OCH3 is 1. The zero-order chi connectivity index (χ0) is 27.7. The number of aromatic nitrogens is 1. The number of pyridine rings is 1. The second kappa shape index (κ2) is 13.1. The molecule has 1 atom stereocenters. The second-order valence-electron chi connectivity index (χ2n) is 8.78. The zero-order valence-corrected chi connectivity index (χ0v) is 22.2. The van der Waals surface area contributed by atoms with Gasteiger partial charge >= 0.3 is 5.97 Å². The fourth-order valence-corrected chi connectivity index (χ4v) is 3.48. The van der Waals surface area contributed by atoms with Gasteiger partial charge in [0.1, 0.15) is 6.04 Å². The molecule has 0 fully saturated rings. The van der Waals surface area contributed by atoms with Crippen LogP contribution in [-0.2, 0) is 9.59 Å². The predicted octanol–water partition coefficient (Wildman–Crippen LogP) is 4.10. The van der Waals surface area contributed by atoms with Gasteiger partial charge in [-0.05, 0) is 27.2 Å². The van der Waals surface area contributed by atoms with Crippen LogP contribution in [-0.4, -0.2) is 41.6 Å². The van der Waals surface area contributed by atoms with Crippen molar-refractivity contribution in [3.05, 3.63) is 88.7 Å². The fourth-order valence-electron chi connectivity index (χ4n) is 3.48. The first kappa shape index (κ1) is 28.0. The van der Waals surface area contributed by atoms with Gasteiger partial charge in [-0.15, -0.1) is 0 Å². The van der Waals surface area contributed by atoms with Gasteiger partial charge in [0.15, 0.2) is 11.4 Å². The van der Waals surface area contributed by atoms with Crippen molar-refractivity contribution in [1.82, 2.24) is 15.7 Å². The Labute approximate surface area is 222 Å². The van der Waals surface area contributed by atoms with Gasteiger partial charge < -0.3 is 14.8 Å². The maximum Gasteiger partial charge on any atom is 0.311 e. The molecule has 0 radical (unpaired) electrons. The van der Waals surface area contributed by atoms with Crippen molar-refractivity contribution in [3.63, 3.8) is 0 Å². The summed E-state index contributed by atoms with van der Waals surface area (Å²) < 4.78 is 10.6. The van der Waals surface area contributed by atoms with Gasteiger partial charge in [0.05, 0.1) is 12.8 Å². The summed E-state index contributed by atoms with van der Waals surface area (Å²) in [6.45, 7) is 7.34. The van der Waals surface area contributed by atoms with Crippen LogP contribution in [0.15, 0.2) is 65.9 Å². The number of rotatable bonds is 10. The third-order valence-corrected chi connectivity index (χ3v) is 5.64. The van der Waals surface area contributed by atoms with Crippen molar-refractivity contribution in [2.45, 2.75) is 46.6 Å². The smallest absolute Gasteiger partial charge is 0.311 e. The van der Waals surface area contributed by atoms with E-state index in [2.05, 4.69) is 20.8 Å². The van der Waals surface area contributed by atoms with Gasteiger partial charge in [0, 0.05) is 29.8 Å². The van der Waals surface area contributed by atoms with Gasteiger partial charge in [-0.1, -0.05) is 66.6 Å². The lowest BCUT2D eigenvalue weighted by Gasteiger charge is -2.16. The van der Waals surface area contributed by atoms with Crippen LogP contribution < -0.4 is 20.2 Å². The Hall–Kier alpha value is -4.53. The summed E-state index contributed by atoms with van der Waals surface area (Å²) in [7, 11) is 1.39. The van der Waals surface area contributed by atoms with Crippen LogP contribution in [0.4, 0.5) is 0 Å². The lowest BCUT2D eigenvalue weighted by Crippen LogP contribution is -2.44. The van der Waals surface area contributed by atoms with Gasteiger partial charge in [-0.25, -0.2) is 10.4 Å². The van der Waals surface area contributed by atoms with Crippen LogP contribution in [0.3, 0.4) is 0 Å². The normalized spacial score (nSPS) is 11.2. The van der Waals surface area contributed by atoms with Crippen molar-refractivity contribution in [2.75, 3.05) is 7.11 Å². The van der Waals surface area contributed by atoms with E-state index in [4.69, 9.17) is 9.47 Å².